The Bertz CT molecular complexity index is 3430. The Morgan fingerprint density at radius 2 is 0.671 bits per heavy atom. The fourth-order valence-electron chi connectivity index (χ4n) is 11.7. The van der Waals surface area contributed by atoms with Crippen molar-refractivity contribution >= 4 is 44.9 Å². The van der Waals surface area contributed by atoms with Gasteiger partial charge in [0.2, 0.25) is 0 Å². The topological polar surface area (TPSA) is 6.48 Å². The minimum atomic E-state index is 0.428. The molecule has 0 saturated heterocycles. The number of hydrogen-bond acceptors (Lipinski definition) is 2. The van der Waals surface area contributed by atoms with Crippen molar-refractivity contribution in [2.24, 2.45) is 11.8 Å². The van der Waals surface area contributed by atoms with Crippen LogP contribution < -0.4 is 9.80 Å². The summed E-state index contributed by atoms with van der Waals surface area (Å²) in [7, 11) is 0. The van der Waals surface area contributed by atoms with Crippen LogP contribution in [0.3, 0.4) is 0 Å². The zero-order chi connectivity index (χ0) is 47.1. The molecule has 2 heteroatoms. The van der Waals surface area contributed by atoms with Gasteiger partial charge in [0.15, 0.2) is 0 Å². The van der Waals surface area contributed by atoms with Crippen LogP contribution in [0.1, 0.15) is 50.2 Å². The maximum Gasteiger partial charge on any atom is 0.0462 e. The van der Waals surface area contributed by atoms with Crippen molar-refractivity contribution in [1.29, 1.82) is 0 Å². The predicted molar refractivity (Wildman–Crippen MR) is 297 cm³/mol. The third-order valence-corrected chi connectivity index (χ3v) is 15.1. The van der Waals surface area contributed by atoms with E-state index < -0.39 is 0 Å². The molecule has 3 unspecified atom stereocenters. The van der Waals surface area contributed by atoms with Crippen LogP contribution in [0, 0.1) is 11.8 Å². The Kier molecular flexibility index (Phi) is 11.3. The van der Waals surface area contributed by atoms with E-state index in [1.54, 1.807) is 11.1 Å². The van der Waals surface area contributed by atoms with Crippen molar-refractivity contribution in [2.45, 2.75) is 39.0 Å². The number of nitrogens with zero attached hydrogens (tertiary/aromatic N) is 2. The molecule has 10 aromatic rings. The minimum absolute atomic E-state index is 0.428. The Balaban J connectivity index is 0.867. The van der Waals surface area contributed by atoms with Crippen molar-refractivity contribution in [3.8, 4) is 44.5 Å². The summed E-state index contributed by atoms with van der Waals surface area (Å²) in [6.07, 6.45) is 3.82. The van der Waals surface area contributed by atoms with E-state index in [9.17, 15) is 0 Å². The van der Waals surface area contributed by atoms with E-state index in [1.807, 2.05) is 0 Å². The van der Waals surface area contributed by atoms with Crippen LogP contribution >= 0.6 is 0 Å². The van der Waals surface area contributed by atoms with Crippen molar-refractivity contribution in [3.63, 3.8) is 0 Å². The molecule has 0 N–H and O–H groups in total. The highest BCUT2D eigenvalue weighted by Gasteiger charge is 2.43. The molecular formula is C68H56N2. The molecule has 338 valence electrons. The molecule has 2 bridgehead atoms. The quantitative estimate of drug-likeness (QED) is 0.119. The molecule has 3 atom stereocenters. The summed E-state index contributed by atoms with van der Waals surface area (Å²) in [4.78, 5) is 4.69. The first kappa shape index (κ1) is 43.1. The second-order valence-corrected chi connectivity index (χ2v) is 19.5. The van der Waals surface area contributed by atoms with E-state index in [0.29, 0.717) is 23.7 Å². The summed E-state index contributed by atoms with van der Waals surface area (Å²) in [6, 6.07) is 88.6. The Hall–Kier alpha value is -8.20. The number of benzene rings is 10. The summed E-state index contributed by atoms with van der Waals surface area (Å²) >= 11 is 0. The van der Waals surface area contributed by atoms with Crippen LogP contribution in [-0.2, 0) is 0 Å². The van der Waals surface area contributed by atoms with E-state index in [2.05, 4.69) is 279 Å². The SMILES string of the molecule is CC1=CC2c3c(-c4ccccc4)ccc(-c4ccc(N(c5ccccc5)c5ccc(-c6ccc(-c7ccc(N(c8ccccc8)c8ccccc8)cc7)c7ccccc67)cc5)cc4)c3C1CC2C(C)C. The lowest BCUT2D eigenvalue weighted by Crippen LogP contribution is -2.32. The summed E-state index contributed by atoms with van der Waals surface area (Å²) < 4.78 is 0. The number of rotatable bonds is 11. The van der Waals surface area contributed by atoms with Crippen LogP contribution in [0.5, 0.6) is 0 Å². The zero-order valence-electron chi connectivity index (χ0n) is 40.1. The van der Waals surface area contributed by atoms with Crippen LogP contribution in [0.25, 0.3) is 55.3 Å². The molecule has 0 radical (unpaired) electrons. The highest BCUT2D eigenvalue weighted by atomic mass is 15.1. The molecule has 0 spiro atoms. The molecule has 13 rings (SSSR count). The maximum atomic E-state index is 2.60. The molecule has 2 nitrogen and oxygen atoms in total. The van der Waals surface area contributed by atoms with E-state index in [-0.39, 0.29) is 0 Å². The lowest BCUT2D eigenvalue weighted by molar-refractivity contribution is 0.281. The van der Waals surface area contributed by atoms with E-state index in [4.69, 9.17) is 0 Å². The monoisotopic (exact) mass is 900 g/mol. The van der Waals surface area contributed by atoms with Crippen molar-refractivity contribution in [1.82, 2.24) is 0 Å². The first-order chi connectivity index (χ1) is 34.5. The fraction of sp³-hybridized carbons (Fsp3) is 0.118. The van der Waals surface area contributed by atoms with Gasteiger partial charge in [-0.15, -0.1) is 0 Å². The summed E-state index contributed by atoms with van der Waals surface area (Å²) in [5, 5.41) is 2.47. The van der Waals surface area contributed by atoms with Gasteiger partial charge in [0.1, 0.15) is 0 Å². The second-order valence-electron chi connectivity index (χ2n) is 19.5. The van der Waals surface area contributed by atoms with Crippen LogP contribution in [-0.4, -0.2) is 0 Å². The molecule has 0 aliphatic heterocycles. The largest absolute Gasteiger partial charge is 0.311 e. The number of allylic oxidation sites excluding steroid dienone is 2. The predicted octanol–water partition coefficient (Wildman–Crippen LogP) is 19.3. The van der Waals surface area contributed by atoms with Crippen molar-refractivity contribution < 1.29 is 0 Å². The van der Waals surface area contributed by atoms with Gasteiger partial charge in [-0.2, -0.15) is 0 Å². The molecule has 0 amide bonds. The van der Waals surface area contributed by atoms with Gasteiger partial charge < -0.3 is 9.80 Å². The normalized spacial score (nSPS) is 15.9. The molecule has 70 heavy (non-hydrogen) atoms. The average Bonchev–Trinajstić information content (AvgIpc) is 3.42. The lowest BCUT2D eigenvalue weighted by atomic mass is 9.58. The van der Waals surface area contributed by atoms with Crippen molar-refractivity contribution in [3.05, 3.63) is 265 Å². The Morgan fingerprint density at radius 1 is 0.343 bits per heavy atom. The van der Waals surface area contributed by atoms with Gasteiger partial charge >= 0.3 is 0 Å². The molecular weight excluding hydrogens is 845 g/mol. The number of para-hydroxylation sites is 3. The lowest BCUT2D eigenvalue weighted by Gasteiger charge is -2.46. The molecule has 0 fully saturated rings. The maximum absolute atomic E-state index is 2.60. The fourth-order valence-corrected chi connectivity index (χ4v) is 11.7. The van der Waals surface area contributed by atoms with Gasteiger partial charge in [-0.25, -0.2) is 0 Å². The molecule has 0 aromatic heterocycles. The van der Waals surface area contributed by atoms with Crippen LogP contribution in [0.4, 0.5) is 34.1 Å². The van der Waals surface area contributed by atoms with Crippen molar-refractivity contribution in [2.75, 3.05) is 9.80 Å². The summed E-state index contributed by atoms with van der Waals surface area (Å²) in [5.41, 5.74) is 21.5. The van der Waals surface area contributed by atoms with Gasteiger partial charge in [0, 0.05) is 46.0 Å². The molecule has 3 aliphatic rings. The number of fused-ring (bicyclic) bond motifs is 2. The van der Waals surface area contributed by atoms with Gasteiger partial charge in [-0.05, 0) is 164 Å². The third-order valence-electron chi connectivity index (χ3n) is 15.1. The van der Waals surface area contributed by atoms with E-state index >= 15 is 0 Å². The molecule has 0 saturated carbocycles. The third kappa shape index (κ3) is 7.80. The second kappa shape index (κ2) is 18.4. The number of anilines is 6. The van der Waals surface area contributed by atoms with E-state index in [1.165, 1.54) is 67.3 Å². The Labute approximate surface area is 413 Å². The minimum Gasteiger partial charge on any atom is -0.311 e. The Morgan fingerprint density at radius 3 is 1.09 bits per heavy atom. The number of hydrogen-bond donors (Lipinski definition) is 0. The standard InChI is InChI=1S/C68H56N2/c1-46(2)64-45-65-47(3)44-66(64)68-60(48-18-8-4-9-19-48)42-43-61(67(65)68)51-32-38-57(39-33-51)70(54-24-14-7-15-25-54)56-36-30-50(31-37-56)59-41-40-58(62-26-16-17-27-63(59)62)49-28-34-55(35-29-49)69(52-20-10-5-11-21-52)53-22-12-6-13-23-53/h4-44,46,64-66H,45H2,1-3H3. The average molecular weight is 901 g/mol. The molecule has 10 aromatic carbocycles. The van der Waals surface area contributed by atoms with E-state index in [0.717, 1.165) is 34.1 Å². The van der Waals surface area contributed by atoms with Gasteiger partial charge in [0.25, 0.3) is 0 Å². The highest BCUT2D eigenvalue weighted by Crippen LogP contribution is 2.58. The highest BCUT2D eigenvalue weighted by molar-refractivity contribution is 6.05. The first-order valence-electron chi connectivity index (χ1n) is 25.0. The smallest absolute Gasteiger partial charge is 0.0462 e. The zero-order valence-corrected chi connectivity index (χ0v) is 40.1. The van der Waals surface area contributed by atoms with Gasteiger partial charge in [0.05, 0.1) is 0 Å². The van der Waals surface area contributed by atoms with Crippen LogP contribution in [0.2, 0.25) is 0 Å². The molecule has 3 aliphatic carbocycles. The summed E-state index contributed by atoms with van der Waals surface area (Å²) in [6.45, 7) is 7.20. The van der Waals surface area contributed by atoms with Crippen LogP contribution in [0.15, 0.2) is 254 Å². The van der Waals surface area contributed by atoms with Gasteiger partial charge in [-0.1, -0.05) is 195 Å². The molecule has 0 heterocycles. The first-order valence-corrected chi connectivity index (χ1v) is 25.0. The van der Waals surface area contributed by atoms with Gasteiger partial charge in [-0.3, -0.25) is 0 Å². The summed E-state index contributed by atoms with van der Waals surface area (Å²) in [5.74, 6) is 2.13.